The predicted octanol–water partition coefficient (Wildman–Crippen LogP) is 19.7. The molecule has 0 aromatic heterocycles. The average Bonchev–Trinajstić information content (AvgIpc) is 3.37. The summed E-state index contributed by atoms with van der Waals surface area (Å²) in [5.74, 6) is -0.0767. The molecule has 0 radical (unpaired) electrons. The molecule has 416 valence electrons. The molecular formula is C65H121NO5. The van der Waals surface area contributed by atoms with Gasteiger partial charge in [-0.2, -0.15) is 0 Å². The third-order valence-electron chi connectivity index (χ3n) is 14.3. The number of rotatable bonds is 58. The molecule has 0 spiro atoms. The number of allylic oxidation sites excluding steroid dienone is 7. The fourth-order valence-corrected chi connectivity index (χ4v) is 9.48. The second-order valence-corrected chi connectivity index (χ2v) is 21.4. The average molecular weight is 997 g/mol. The Kier molecular flexibility index (Phi) is 58.5. The molecule has 0 heterocycles. The molecule has 0 rings (SSSR count). The van der Waals surface area contributed by atoms with Crippen molar-refractivity contribution < 1.29 is 24.5 Å². The number of aliphatic hydroxyl groups is 2. The van der Waals surface area contributed by atoms with Gasteiger partial charge in [0, 0.05) is 12.8 Å². The van der Waals surface area contributed by atoms with Gasteiger partial charge in [0.15, 0.2) is 0 Å². The van der Waals surface area contributed by atoms with E-state index >= 15 is 0 Å². The number of hydrogen-bond acceptors (Lipinski definition) is 5. The van der Waals surface area contributed by atoms with Gasteiger partial charge in [-0.25, -0.2) is 0 Å². The molecule has 2 unspecified atom stereocenters. The number of unbranched alkanes of at least 4 members (excludes halogenated alkanes) is 41. The Morgan fingerprint density at radius 1 is 0.394 bits per heavy atom. The zero-order valence-electron chi connectivity index (χ0n) is 47.5. The first-order valence-corrected chi connectivity index (χ1v) is 31.4. The fourth-order valence-electron chi connectivity index (χ4n) is 9.48. The number of nitrogens with one attached hydrogen (secondary N) is 1. The minimum atomic E-state index is -0.849. The maximum atomic E-state index is 12.5. The van der Waals surface area contributed by atoms with Crippen molar-refractivity contribution in [1.29, 1.82) is 0 Å². The summed E-state index contributed by atoms with van der Waals surface area (Å²) >= 11 is 0. The lowest BCUT2D eigenvalue weighted by molar-refractivity contribution is -0.143. The minimum absolute atomic E-state index is 0.00277. The Bertz CT molecular complexity index is 1190. The van der Waals surface area contributed by atoms with E-state index in [-0.39, 0.29) is 18.5 Å². The summed E-state index contributed by atoms with van der Waals surface area (Å²) in [6.07, 6.45) is 77.2. The summed E-state index contributed by atoms with van der Waals surface area (Å²) in [6, 6.07) is -0.633. The van der Waals surface area contributed by atoms with Crippen molar-refractivity contribution in [3.8, 4) is 0 Å². The molecule has 0 bridgehead atoms. The summed E-state index contributed by atoms with van der Waals surface area (Å²) in [6.45, 7) is 4.88. The van der Waals surface area contributed by atoms with Crippen molar-refractivity contribution in [2.24, 2.45) is 0 Å². The van der Waals surface area contributed by atoms with Crippen molar-refractivity contribution in [2.75, 3.05) is 13.2 Å². The van der Waals surface area contributed by atoms with Gasteiger partial charge in [0.25, 0.3) is 0 Å². The van der Waals surface area contributed by atoms with E-state index < -0.39 is 12.1 Å². The highest BCUT2D eigenvalue weighted by Gasteiger charge is 2.18. The largest absolute Gasteiger partial charge is 0.466 e. The van der Waals surface area contributed by atoms with Crippen LogP contribution in [-0.2, 0) is 14.3 Å². The van der Waals surface area contributed by atoms with E-state index in [9.17, 15) is 19.8 Å². The number of carbonyl (C=O) groups excluding carboxylic acids is 2. The highest BCUT2D eigenvalue weighted by atomic mass is 16.5. The third-order valence-corrected chi connectivity index (χ3v) is 14.3. The Morgan fingerprint density at radius 3 is 1.10 bits per heavy atom. The molecule has 71 heavy (non-hydrogen) atoms. The highest BCUT2D eigenvalue weighted by molar-refractivity contribution is 5.76. The van der Waals surface area contributed by atoms with Crippen LogP contribution in [0.4, 0.5) is 0 Å². The molecule has 0 aliphatic rings. The Morgan fingerprint density at radius 2 is 0.704 bits per heavy atom. The topological polar surface area (TPSA) is 95.9 Å². The summed E-state index contributed by atoms with van der Waals surface area (Å²) < 4.78 is 5.48. The van der Waals surface area contributed by atoms with E-state index in [4.69, 9.17) is 4.74 Å². The first kappa shape index (κ1) is 68.8. The lowest BCUT2D eigenvalue weighted by atomic mass is 10.0. The molecule has 6 heteroatoms. The van der Waals surface area contributed by atoms with Crippen molar-refractivity contribution in [3.05, 3.63) is 48.6 Å². The standard InChI is InChI=1S/C65H121NO5/c1-3-5-7-9-11-13-15-17-19-31-35-39-43-47-51-55-59-65(70)71-60-56-52-48-44-40-36-32-28-26-24-22-20-21-23-25-27-30-34-38-42-46-50-54-58-64(69)66-62(61-67)63(68)57-53-49-45-41-37-33-29-18-16-14-12-10-8-6-4-2/h13,15,19,23,25,31,53,57,62-63,67-68H,3-12,14,16-18,20-22,24,26-30,32-52,54-56,58-61H2,1-2H3,(H,66,69)/b15-13-,25-23-,31-19-,57-53+. The number of ether oxygens (including phenoxy) is 1. The van der Waals surface area contributed by atoms with Crippen LogP contribution >= 0.6 is 0 Å². The zero-order valence-corrected chi connectivity index (χ0v) is 47.5. The van der Waals surface area contributed by atoms with Gasteiger partial charge < -0.3 is 20.3 Å². The monoisotopic (exact) mass is 996 g/mol. The van der Waals surface area contributed by atoms with E-state index in [1.54, 1.807) is 6.08 Å². The number of hydrogen-bond donors (Lipinski definition) is 3. The molecule has 0 saturated carbocycles. The van der Waals surface area contributed by atoms with Crippen LogP contribution in [0, 0.1) is 0 Å². The first-order chi connectivity index (χ1) is 35.0. The van der Waals surface area contributed by atoms with Crippen LogP contribution in [0.1, 0.15) is 328 Å². The molecule has 2 atom stereocenters. The molecule has 6 nitrogen and oxygen atoms in total. The van der Waals surface area contributed by atoms with Gasteiger partial charge in [-0.05, 0) is 89.9 Å². The molecule has 0 fully saturated rings. The molecule has 0 aromatic rings. The minimum Gasteiger partial charge on any atom is -0.466 e. The quantitative estimate of drug-likeness (QED) is 0.0321. The van der Waals surface area contributed by atoms with Gasteiger partial charge in [-0.15, -0.1) is 0 Å². The number of amides is 1. The van der Waals surface area contributed by atoms with Crippen molar-refractivity contribution >= 4 is 11.9 Å². The number of esters is 1. The second-order valence-electron chi connectivity index (χ2n) is 21.4. The van der Waals surface area contributed by atoms with Gasteiger partial charge >= 0.3 is 5.97 Å². The molecule has 0 aromatic carbocycles. The van der Waals surface area contributed by atoms with Gasteiger partial charge in [-0.3, -0.25) is 9.59 Å². The maximum absolute atomic E-state index is 12.5. The van der Waals surface area contributed by atoms with Crippen LogP contribution in [0.25, 0.3) is 0 Å². The first-order valence-electron chi connectivity index (χ1n) is 31.4. The van der Waals surface area contributed by atoms with Gasteiger partial charge in [0.1, 0.15) is 0 Å². The molecule has 0 saturated heterocycles. The van der Waals surface area contributed by atoms with Crippen LogP contribution in [0.5, 0.6) is 0 Å². The van der Waals surface area contributed by atoms with Crippen LogP contribution < -0.4 is 5.32 Å². The van der Waals surface area contributed by atoms with Gasteiger partial charge in [0.05, 0.1) is 25.4 Å². The Labute approximate surface area is 442 Å². The van der Waals surface area contributed by atoms with Crippen LogP contribution in [-0.4, -0.2) is 47.4 Å². The molecular weight excluding hydrogens is 875 g/mol. The lowest BCUT2D eigenvalue weighted by Crippen LogP contribution is -2.45. The lowest BCUT2D eigenvalue weighted by Gasteiger charge is -2.20. The Balaban J connectivity index is 3.44. The van der Waals surface area contributed by atoms with E-state index in [1.165, 1.54) is 244 Å². The van der Waals surface area contributed by atoms with Crippen LogP contribution in [0.15, 0.2) is 48.6 Å². The molecule has 3 N–H and O–H groups in total. The van der Waals surface area contributed by atoms with E-state index in [1.807, 2.05) is 6.08 Å². The summed E-state index contributed by atoms with van der Waals surface area (Å²) in [7, 11) is 0. The summed E-state index contributed by atoms with van der Waals surface area (Å²) in [4.78, 5) is 24.5. The summed E-state index contributed by atoms with van der Waals surface area (Å²) in [5.41, 5.74) is 0. The Hall–Kier alpha value is -2.18. The fraction of sp³-hybridized carbons (Fsp3) is 0.846. The number of carbonyl (C=O) groups is 2. The molecule has 0 aliphatic heterocycles. The number of aliphatic hydroxyl groups excluding tert-OH is 2. The van der Waals surface area contributed by atoms with E-state index in [0.717, 1.165) is 57.8 Å². The smallest absolute Gasteiger partial charge is 0.305 e. The van der Waals surface area contributed by atoms with Gasteiger partial charge in [-0.1, -0.05) is 274 Å². The maximum Gasteiger partial charge on any atom is 0.305 e. The van der Waals surface area contributed by atoms with E-state index in [2.05, 4.69) is 55.6 Å². The SMILES string of the molecule is CCCCCC/C=C\C/C=C\CCCCCCCC(=O)OCCCCCCCCCCCCCC/C=C\CCCCCCCCCC(=O)NC(CO)C(O)/C=C/CCCCCCCCCCCCCCC. The highest BCUT2D eigenvalue weighted by Crippen LogP contribution is 2.16. The normalized spacial score (nSPS) is 12.9. The van der Waals surface area contributed by atoms with Crippen molar-refractivity contribution in [2.45, 2.75) is 341 Å². The molecule has 1 amide bonds. The predicted molar refractivity (Wildman–Crippen MR) is 310 cm³/mol. The summed E-state index contributed by atoms with van der Waals surface area (Å²) in [5, 5.41) is 23.1. The van der Waals surface area contributed by atoms with Crippen molar-refractivity contribution in [1.82, 2.24) is 5.32 Å². The zero-order chi connectivity index (χ0) is 51.4. The third kappa shape index (κ3) is 57.0. The van der Waals surface area contributed by atoms with Gasteiger partial charge in [0.2, 0.25) is 5.91 Å². The van der Waals surface area contributed by atoms with Crippen molar-refractivity contribution in [3.63, 3.8) is 0 Å². The molecule has 0 aliphatic carbocycles. The van der Waals surface area contributed by atoms with Crippen LogP contribution in [0.3, 0.4) is 0 Å². The second kappa shape index (κ2) is 60.4. The van der Waals surface area contributed by atoms with E-state index in [0.29, 0.717) is 19.4 Å². The van der Waals surface area contributed by atoms with Crippen LogP contribution in [0.2, 0.25) is 0 Å².